The summed E-state index contributed by atoms with van der Waals surface area (Å²) in [5, 5.41) is 9.58. The molecule has 0 bridgehead atoms. The van der Waals surface area contributed by atoms with E-state index in [4.69, 9.17) is 0 Å². The van der Waals surface area contributed by atoms with Crippen LogP contribution in [-0.2, 0) is 19.4 Å². The molecule has 31 heavy (non-hydrogen) atoms. The fourth-order valence-electron chi connectivity index (χ4n) is 4.63. The lowest BCUT2D eigenvalue weighted by molar-refractivity contribution is 0.0993. The molecule has 6 heteroatoms. The van der Waals surface area contributed by atoms with E-state index in [0.29, 0.717) is 0 Å². The van der Waals surface area contributed by atoms with E-state index in [2.05, 4.69) is 43.9 Å². The molecule has 1 aliphatic heterocycles. The Morgan fingerprint density at radius 1 is 1.00 bits per heavy atom. The van der Waals surface area contributed by atoms with Crippen LogP contribution in [0.3, 0.4) is 0 Å². The SMILES string of the molecule is CC(Sc1nnc(CN2CCCC2)n1-c1ccccc1)C(=O)c1ccc2c(c1)CCC2. The average Bonchev–Trinajstić information content (AvgIpc) is 3.55. The minimum Gasteiger partial charge on any atom is -0.296 e. The number of carbonyl (C=O) groups excluding carboxylic acids is 1. The number of likely N-dealkylation sites (tertiary alicyclic amines) is 1. The van der Waals surface area contributed by atoms with E-state index in [1.165, 1.54) is 42.2 Å². The molecule has 1 aliphatic carbocycles. The zero-order chi connectivity index (χ0) is 21.2. The van der Waals surface area contributed by atoms with Crippen LogP contribution in [0.15, 0.2) is 53.7 Å². The van der Waals surface area contributed by atoms with Gasteiger partial charge in [-0.1, -0.05) is 42.1 Å². The predicted octanol–water partition coefficient (Wildman–Crippen LogP) is 4.72. The van der Waals surface area contributed by atoms with Gasteiger partial charge >= 0.3 is 0 Å². The van der Waals surface area contributed by atoms with Crippen molar-refractivity contribution in [3.8, 4) is 5.69 Å². The van der Waals surface area contributed by atoms with Crippen molar-refractivity contribution >= 4 is 17.5 Å². The molecule has 0 N–H and O–H groups in total. The summed E-state index contributed by atoms with van der Waals surface area (Å²) in [6.45, 7) is 4.98. The van der Waals surface area contributed by atoms with Crippen molar-refractivity contribution in [1.82, 2.24) is 19.7 Å². The van der Waals surface area contributed by atoms with Crippen molar-refractivity contribution in [3.05, 3.63) is 71.0 Å². The summed E-state index contributed by atoms with van der Waals surface area (Å²) in [5.74, 6) is 1.09. The average molecular weight is 433 g/mol. The Kier molecular flexibility index (Phi) is 5.92. The Balaban J connectivity index is 1.40. The van der Waals surface area contributed by atoms with Crippen LogP contribution in [0.5, 0.6) is 0 Å². The Bertz CT molecular complexity index is 1070. The van der Waals surface area contributed by atoms with Crippen molar-refractivity contribution in [2.24, 2.45) is 0 Å². The van der Waals surface area contributed by atoms with Crippen LogP contribution in [0.25, 0.3) is 5.69 Å². The molecule has 1 atom stereocenters. The number of hydrogen-bond donors (Lipinski definition) is 0. The van der Waals surface area contributed by atoms with E-state index in [1.54, 1.807) is 0 Å². The van der Waals surface area contributed by atoms with Gasteiger partial charge in [0.25, 0.3) is 0 Å². The van der Waals surface area contributed by atoms with E-state index in [1.807, 2.05) is 31.2 Å². The number of rotatable bonds is 7. The Hall–Kier alpha value is -2.44. The zero-order valence-corrected chi connectivity index (χ0v) is 18.8. The van der Waals surface area contributed by atoms with Gasteiger partial charge in [-0.05, 0) is 81.4 Å². The number of carbonyl (C=O) groups is 1. The monoisotopic (exact) mass is 432 g/mol. The minimum atomic E-state index is -0.231. The summed E-state index contributed by atoms with van der Waals surface area (Å²) in [7, 11) is 0. The van der Waals surface area contributed by atoms with Gasteiger partial charge in [0.1, 0.15) is 0 Å². The molecular formula is C25H28N4OS. The first-order valence-corrected chi connectivity index (χ1v) is 12.1. The molecule has 0 radical (unpaired) electrons. The number of fused-ring (bicyclic) bond motifs is 1. The topological polar surface area (TPSA) is 51.0 Å². The van der Waals surface area contributed by atoms with Gasteiger partial charge in [-0.25, -0.2) is 0 Å². The third kappa shape index (κ3) is 4.32. The summed E-state index contributed by atoms with van der Waals surface area (Å²) in [6, 6.07) is 16.5. The highest BCUT2D eigenvalue weighted by Crippen LogP contribution is 2.30. The number of aryl methyl sites for hydroxylation is 2. The van der Waals surface area contributed by atoms with Gasteiger partial charge in [0, 0.05) is 11.3 Å². The van der Waals surface area contributed by atoms with Crippen molar-refractivity contribution < 1.29 is 4.79 Å². The van der Waals surface area contributed by atoms with Crippen LogP contribution in [0.4, 0.5) is 0 Å². The fraction of sp³-hybridized carbons (Fsp3) is 0.400. The summed E-state index contributed by atoms with van der Waals surface area (Å²) >= 11 is 1.50. The standard InChI is InChI=1S/C25H28N4OS/c1-18(24(30)21-13-12-19-8-7-9-20(19)16-21)31-25-27-26-23(17-28-14-5-6-15-28)29(25)22-10-3-2-4-11-22/h2-4,10-13,16,18H,5-9,14-15,17H2,1H3. The van der Waals surface area contributed by atoms with Gasteiger partial charge < -0.3 is 0 Å². The number of aromatic nitrogens is 3. The van der Waals surface area contributed by atoms with Crippen LogP contribution >= 0.6 is 11.8 Å². The molecule has 5 nitrogen and oxygen atoms in total. The maximum Gasteiger partial charge on any atom is 0.196 e. The minimum absolute atomic E-state index is 0.156. The van der Waals surface area contributed by atoms with Gasteiger partial charge in [0.05, 0.1) is 11.8 Å². The number of Topliss-reactive ketones (excluding diaryl/α,β-unsaturated/α-hetero) is 1. The van der Waals surface area contributed by atoms with Crippen LogP contribution < -0.4 is 0 Å². The van der Waals surface area contributed by atoms with E-state index >= 15 is 0 Å². The summed E-state index contributed by atoms with van der Waals surface area (Å²) in [6.07, 6.45) is 5.90. The predicted molar refractivity (Wildman–Crippen MR) is 124 cm³/mol. The molecule has 0 saturated carbocycles. The maximum atomic E-state index is 13.2. The van der Waals surface area contributed by atoms with Gasteiger partial charge in [0.15, 0.2) is 16.8 Å². The van der Waals surface area contributed by atoms with Gasteiger partial charge in [-0.2, -0.15) is 0 Å². The van der Waals surface area contributed by atoms with Crippen molar-refractivity contribution in [2.45, 2.75) is 56.0 Å². The largest absolute Gasteiger partial charge is 0.296 e. The summed E-state index contributed by atoms with van der Waals surface area (Å²) in [5.41, 5.74) is 4.58. The first kappa shape index (κ1) is 20.5. The number of ketones is 1. The fourth-order valence-corrected chi connectivity index (χ4v) is 5.59. The smallest absolute Gasteiger partial charge is 0.196 e. The first-order chi connectivity index (χ1) is 15.2. The second-order valence-electron chi connectivity index (χ2n) is 8.51. The number of nitrogens with zero attached hydrogens (tertiary/aromatic N) is 4. The van der Waals surface area contributed by atoms with Gasteiger partial charge in [-0.15, -0.1) is 10.2 Å². The molecule has 3 aromatic rings. The number of thioether (sulfide) groups is 1. The van der Waals surface area contributed by atoms with Crippen molar-refractivity contribution in [2.75, 3.05) is 13.1 Å². The first-order valence-electron chi connectivity index (χ1n) is 11.2. The van der Waals surface area contributed by atoms with Gasteiger partial charge in [0.2, 0.25) is 0 Å². The van der Waals surface area contributed by atoms with E-state index in [9.17, 15) is 4.79 Å². The van der Waals surface area contributed by atoms with E-state index in [-0.39, 0.29) is 11.0 Å². The van der Waals surface area contributed by atoms with E-state index in [0.717, 1.165) is 54.7 Å². The van der Waals surface area contributed by atoms with Crippen LogP contribution in [0.2, 0.25) is 0 Å². The highest BCUT2D eigenvalue weighted by atomic mass is 32.2. The third-order valence-corrected chi connectivity index (χ3v) is 7.36. The molecule has 1 aromatic heterocycles. The molecule has 2 heterocycles. The van der Waals surface area contributed by atoms with Gasteiger partial charge in [-0.3, -0.25) is 14.3 Å². The second kappa shape index (κ2) is 8.97. The normalized spacial score (nSPS) is 17.1. The summed E-state index contributed by atoms with van der Waals surface area (Å²) < 4.78 is 2.12. The highest BCUT2D eigenvalue weighted by Gasteiger charge is 2.24. The van der Waals surface area contributed by atoms with E-state index < -0.39 is 0 Å². The van der Waals surface area contributed by atoms with Crippen molar-refractivity contribution in [3.63, 3.8) is 0 Å². The molecule has 5 rings (SSSR count). The van der Waals surface area contributed by atoms with Crippen molar-refractivity contribution in [1.29, 1.82) is 0 Å². The molecular weight excluding hydrogens is 404 g/mol. The quantitative estimate of drug-likeness (QED) is 0.400. The number of hydrogen-bond acceptors (Lipinski definition) is 5. The highest BCUT2D eigenvalue weighted by molar-refractivity contribution is 8.00. The molecule has 160 valence electrons. The third-order valence-electron chi connectivity index (χ3n) is 6.31. The number of para-hydroxylation sites is 1. The van der Waals surface area contributed by atoms with Crippen LogP contribution in [0.1, 0.15) is 53.5 Å². The lowest BCUT2D eigenvalue weighted by atomic mass is 10.0. The lowest BCUT2D eigenvalue weighted by Crippen LogP contribution is -2.21. The molecule has 1 fully saturated rings. The zero-order valence-electron chi connectivity index (χ0n) is 18.0. The Morgan fingerprint density at radius 3 is 2.58 bits per heavy atom. The van der Waals surface area contributed by atoms with Crippen LogP contribution in [-0.4, -0.2) is 43.8 Å². The molecule has 1 saturated heterocycles. The molecule has 0 spiro atoms. The lowest BCUT2D eigenvalue weighted by Gasteiger charge is -2.17. The summed E-state index contributed by atoms with van der Waals surface area (Å²) in [4.78, 5) is 15.6. The van der Waals surface area contributed by atoms with Crippen LogP contribution in [0, 0.1) is 0 Å². The second-order valence-corrected chi connectivity index (χ2v) is 9.82. The maximum absolute atomic E-state index is 13.2. The Labute approximate surface area is 187 Å². The molecule has 2 aliphatic rings. The molecule has 0 amide bonds. The number of benzene rings is 2. The Morgan fingerprint density at radius 2 is 1.77 bits per heavy atom. The molecule has 1 unspecified atom stereocenters. The molecule has 2 aromatic carbocycles.